The van der Waals surface area contributed by atoms with Crippen LogP contribution >= 0.6 is 0 Å². The van der Waals surface area contributed by atoms with Crippen LogP contribution in [0.25, 0.3) is 0 Å². The van der Waals surface area contributed by atoms with Crippen molar-refractivity contribution in [2.75, 3.05) is 19.7 Å². The third kappa shape index (κ3) is 3.34. The molecule has 0 aliphatic heterocycles. The molecule has 0 spiro atoms. The molecule has 0 amide bonds. The van der Waals surface area contributed by atoms with Crippen molar-refractivity contribution in [1.29, 1.82) is 0 Å². The van der Waals surface area contributed by atoms with Gasteiger partial charge in [0, 0.05) is 12.6 Å². The lowest BCUT2D eigenvalue weighted by atomic mass is 10.3. The minimum Gasteiger partial charge on any atom is -0.476 e. The van der Waals surface area contributed by atoms with Crippen LogP contribution in [0, 0.1) is 0 Å². The van der Waals surface area contributed by atoms with Gasteiger partial charge in [-0.3, -0.25) is 4.90 Å². The largest absolute Gasteiger partial charge is 0.476 e. The van der Waals surface area contributed by atoms with Gasteiger partial charge >= 0.3 is 5.97 Å². The molecular weight excluding hydrogens is 200 g/mol. The van der Waals surface area contributed by atoms with Crippen LogP contribution in [-0.4, -0.2) is 45.9 Å². The van der Waals surface area contributed by atoms with Gasteiger partial charge in [0.05, 0.1) is 13.2 Å². The first-order valence-electron chi connectivity index (χ1n) is 4.69. The van der Waals surface area contributed by atoms with E-state index in [1.165, 1.54) is 6.07 Å². The molecule has 84 valence electrons. The van der Waals surface area contributed by atoms with Crippen LogP contribution in [-0.2, 0) is 6.54 Å². The summed E-state index contributed by atoms with van der Waals surface area (Å²) in [5.41, 5.74) is -0.0925. The van der Waals surface area contributed by atoms with Crippen LogP contribution in [0.4, 0.5) is 0 Å². The lowest BCUT2D eigenvalue weighted by Gasteiger charge is -2.16. The average Bonchev–Trinajstić information content (AvgIpc) is 2.65. The fraction of sp³-hybridized carbons (Fsp3) is 0.556. The Morgan fingerprint density at radius 3 is 2.87 bits per heavy atom. The highest BCUT2D eigenvalue weighted by molar-refractivity contribution is 5.85. The van der Waals surface area contributed by atoms with E-state index in [1.54, 1.807) is 0 Å². The summed E-state index contributed by atoms with van der Waals surface area (Å²) in [5, 5.41) is 20.8. The smallest absolute Gasteiger partial charge is 0.358 e. The van der Waals surface area contributed by atoms with E-state index in [4.69, 9.17) is 14.7 Å². The number of aromatic carboxylic acids is 1. The quantitative estimate of drug-likeness (QED) is 0.702. The molecule has 0 saturated carbocycles. The Balaban J connectivity index is 2.59. The molecule has 0 fully saturated rings. The predicted octanol–water partition coefficient (Wildman–Crippen LogP) is 0.187. The number of hydrogen-bond acceptors (Lipinski definition) is 5. The summed E-state index contributed by atoms with van der Waals surface area (Å²) in [6.07, 6.45) is 0. The lowest BCUT2D eigenvalue weighted by Crippen LogP contribution is -2.25. The second kappa shape index (κ2) is 5.47. The maximum absolute atomic E-state index is 10.5. The van der Waals surface area contributed by atoms with Gasteiger partial charge in [0.25, 0.3) is 0 Å². The van der Waals surface area contributed by atoms with Gasteiger partial charge in [-0.2, -0.15) is 0 Å². The van der Waals surface area contributed by atoms with Gasteiger partial charge in [-0.15, -0.1) is 0 Å². The van der Waals surface area contributed by atoms with E-state index in [0.29, 0.717) is 18.8 Å². The van der Waals surface area contributed by atoms with Crippen molar-refractivity contribution in [3.8, 4) is 0 Å². The van der Waals surface area contributed by atoms with E-state index in [0.717, 1.165) is 6.54 Å². The molecule has 6 nitrogen and oxygen atoms in total. The number of rotatable bonds is 6. The molecule has 1 heterocycles. The van der Waals surface area contributed by atoms with Gasteiger partial charge in [0.2, 0.25) is 0 Å². The Bertz CT molecular complexity index is 324. The summed E-state index contributed by atoms with van der Waals surface area (Å²) >= 11 is 0. The first-order valence-corrected chi connectivity index (χ1v) is 4.69. The number of likely N-dealkylation sites (N-methyl/N-ethyl adjacent to an activating group) is 1. The number of hydrogen-bond donors (Lipinski definition) is 2. The van der Waals surface area contributed by atoms with E-state index in [2.05, 4.69) is 5.16 Å². The molecular formula is C9H14N2O4. The van der Waals surface area contributed by atoms with E-state index in [9.17, 15) is 4.79 Å². The molecule has 0 atom stereocenters. The van der Waals surface area contributed by atoms with Gasteiger partial charge in [-0.25, -0.2) is 4.79 Å². The minimum absolute atomic E-state index is 0.0633. The zero-order chi connectivity index (χ0) is 11.3. The van der Waals surface area contributed by atoms with Crippen molar-refractivity contribution in [3.05, 3.63) is 17.5 Å². The Kier molecular flexibility index (Phi) is 4.26. The van der Waals surface area contributed by atoms with Crippen molar-refractivity contribution in [3.63, 3.8) is 0 Å². The minimum atomic E-state index is -1.10. The summed E-state index contributed by atoms with van der Waals surface area (Å²) in [4.78, 5) is 12.4. The molecule has 1 rings (SSSR count). The highest BCUT2D eigenvalue weighted by atomic mass is 16.5. The Hall–Kier alpha value is -1.40. The topological polar surface area (TPSA) is 86.8 Å². The van der Waals surface area contributed by atoms with E-state index < -0.39 is 5.97 Å². The summed E-state index contributed by atoms with van der Waals surface area (Å²) in [6.45, 7) is 3.75. The number of carboxylic acids is 1. The molecule has 0 saturated heterocycles. The third-order valence-corrected chi connectivity index (χ3v) is 2.02. The SMILES string of the molecule is CCN(CCO)Cc1cc(C(=O)O)no1. The number of nitrogens with zero attached hydrogens (tertiary/aromatic N) is 2. The predicted molar refractivity (Wildman–Crippen MR) is 51.5 cm³/mol. The van der Waals surface area contributed by atoms with Gasteiger partial charge in [-0.1, -0.05) is 12.1 Å². The first kappa shape index (κ1) is 11.7. The molecule has 0 unspecified atom stereocenters. The molecule has 0 aliphatic carbocycles. The van der Waals surface area contributed by atoms with E-state index in [-0.39, 0.29) is 12.3 Å². The second-order valence-corrected chi connectivity index (χ2v) is 3.08. The molecule has 0 bridgehead atoms. The Morgan fingerprint density at radius 2 is 2.40 bits per heavy atom. The second-order valence-electron chi connectivity index (χ2n) is 3.08. The van der Waals surface area contributed by atoms with Gasteiger partial charge in [-0.05, 0) is 6.54 Å². The summed E-state index contributed by atoms with van der Waals surface area (Å²) in [6, 6.07) is 1.39. The zero-order valence-electron chi connectivity index (χ0n) is 8.51. The fourth-order valence-corrected chi connectivity index (χ4v) is 1.20. The molecule has 2 N–H and O–H groups in total. The van der Waals surface area contributed by atoms with Crippen LogP contribution in [0.5, 0.6) is 0 Å². The summed E-state index contributed by atoms with van der Waals surface area (Å²) in [7, 11) is 0. The van der Waals surface area contributed by atoms with Crippen LogP contribution in [0.1, 0.15) is 23.2 Å². The highest BCUT2D eigenvalue weighted by Gasteiger charge is 2.12. The van der Waals surface area contributed by atoms with Gasteiger partial charge in [0.1, 0.15) is 0 Å². The van der Waals surface area contributed by atoms with Crippen LogP contribution < -0.4 is 0 Å². The molecule has 1 aromatic rings. The highest BCUT2D eigenvalue weighted by Crippen LogP contribution is 2.06. The van der Waals surface area contributed by atoms with Crippen molar-refractivity contribution in [1.82, 2.24) is 10.1 Å². The average molecular weight is 214 g/mol. The number of carboxylic acid groups (broad SMARTS) is 1. The lowest BCUT2D eigenvalue weighted by molar-refractivity contribution is 0.0685. The standard InChI is InChI=1S/C9H14N2O4/c1-2-11(3-4-12)6-7-5-8(9(13)14)10-15-7/h5,12H,2-4,6H2,1H3,(H,13,14). The van der Waals surface area contributed by atoms with Crippen molar-refractivity contribution < 1.29 is 19.5 Å². The Morgan fingerprint density at radius 1 is 1.67 bits per heavy atom. The first-order chi connectivity index (χ1) is 7.17. The van der Waals surface area contributed by atoms with Gasteiger partial charge < -0.3 is 14.7 Å². The monoisotopic (exact) mass is 214 g/mol. The van der Waals surface area contributed by atoms with Crippen LogP contribution in [0.3, 0.4) is 0 Å². The summed E-state index contributed by atoms with van der Waals surface area (Å²) in [5.74, 6) is -0.613. The Labute approximate surface area is 87.1 Å². The number of aliphatic hydroxyl groups excluding tert-OH is 1. The molecule has 15 heavy (non-hydrogen) atoms. The molecule has 1 aromatic heterocycles. The van der Waals surface area contributed by atoms with Crippen LogP contribution in [0.15, 0.2) is 10.6 Å². The van der Waals surface area contributed by atoms with E-state index in [1.807, 2.05) is 11.8 Å². The van der Waals surface area contributed by atoms with Crippen LogP contribution in [0.2, 0.25) is 0 Å². The zero-order valence-corrected chi connectivity index (χ0v) is 8.51. The summed E-state index contributed by atoms with van der Waals surface area (Å²) < 4.78 is 4.85. The number of carbonyl (C=O) groups is 1. The van der Waals surface area contributed by atoms with Gasteiger partial charge in [0.15, 0.2) is 11.5 Å². The van der Waals surface area contributed by atoms with E-state index >= 15 is 0 Å². The molecule has 0 aromatic carbocycles. The fourth-order valence-electron chi connectivity index (χ4n) is 1.20. The number of aliphatic hydroxyl groups is 1. The maximum Gasteiger partial charge on any atom is 0.358 e. The molecule has 6 heteroatoms. The van der Waals surface area contributed by atoms with Crippen molar-refractivity contribution in [2.24, 2.45) is 0 Å². The van der Waals surface area contributed by atoms with Crippen molar-refractivity contribution >= 4 is 5.97 Å². The third-order valence-electron chi connectivity index (χ3n) is 2.02. The molecule has 0 aliphatic rings. The number of aromatic nitrogens is 1. The normalized spacial score (nSPS) is 10.9. The van der Waals surface area contributed by atoms with Crippen molar-refractivity contribution in [2.45, 2.75) is 13.5 Å². The maximum atomic E-state index is 10.5. The molecule has 0 radical (unpaired) electrons.